The SMILES string of the molecule is COc1ccc(C2/C(=C(\[O-])c3ccc(OC)c(Cl)c3)C(=O)C(=O)N2CCC[NH+]2CCOCC2)cc1. The molecule has 0 spiro atoms. The van der Waals surface area contributed by atoms with E-state index < -0.39 is 23.5 Å². The van der Waals surface area contributed by atoms with Crippen molar-refractivity contribution in [2.24, 2.45) is 0 Å². The third-order valence-corrected chi connectivity index (χ3v) is 6.80. The Morgan fingerprint density at radius 1 is 1.11 bits per heavy atom. The van der Waals surface area contributed by atoms with Gasteiger partial charge in [0.2, 0.25) is 5.78 Å². The third-order valence-electron chi connectivity index (χ3n) is 6.50. The Kier molecular flexibility index (Phi) is 7.95. The average molecular weight is 501 g/mol. The van der Waals surface area contributed by atoms with Crippen molar-refractivity contribution >= 4 is 29.1 Å². The number of hydrogen-bond donors (Lipinski definition) is 1. The maximum absolute atomic E-state index is 13.5. The normalized spacial score (nSPS) is 20.3. The molecule has 0 aromatic heterocycles. The van der Waals surface area contributed by atoms with Crippen LogP contribution in [0.5, 0.6) is 11.5 Å². The second kappa shape index (κ2) is 11.1. The van der Waals surface area contributed by atoms with E-state index in [2.05, 4.69) is 0 Å². The second-order valence-corrected chi connectivity index (χ2v) is 8.97. The van der Waals surface area contributed by atoms with E-state index in [0.29, 0.717) is 30.0 Å². The highest BCUT2D eigenvalue weighted by molar-refractivity contribution is 6.46. The van der Waals surface area contributed by atoms with Gasteiger partial charge in [-0.3, -0.25) is 9.59 Å². The second-order valence-electron chi connectivity index (χ2n) is 8.56. The van der Waals surface area contributed by atoms with Crippen molar-refractivity contribution < 1.29 is 33.8 Å². The monoisotopic (exact) mass is 500 g/mol. The van der Waals surface area contributed by atoms with Crippen LogP contribution in [0.2, 0.25) is 5.02 Å². The molecule has 2 aliphatic rings. The first-order valence-electron chi connectivity index (χ1n) is 11.6. The number of methoxy groups -OCH3 is 2. The van der Waals surface area contributed by atoms with E-state index in [0.717, 1.165) is 32.8 Å². The van der Waals surface area contributed by atoms with Crippen LogP contribution in [0.4, 0.5) is 0 Å². The molecule has 2 saturated heterocycles. The molecule has 2 heterocycles. The molecule has 1 amide bonds. The first-order valence-corrected chi connectivity index (χ1v) is 12.0. The van der Waals surface area contributed by atoms with E-state index in [1.54, 1.807) is 43.5 Å². The van der Waals surface area contributed by atoms with E-state index in [9.17, 15) is 14.7 Å². The van der Waals surface area contributed by atoms with Crippen LogP contribution in [0.25, 0.3) is 5.76 Å². The molecule has 0 bridgehead atoms. The fourth-order valence-corrected chi connectivity index (χ4v) is 4.86. The minimum absolute atomic E-state index is 0.0693. The van der Waals surface area contributed by atoms with Gasteiger partial charge in [0.1, 0.15) is 24.6 Å². The number of Topliss-reactive ketones (excluding diaryl/α,β-unsaturated/α-hetero) is 1. The molecule has 9 heteroatoms. The minimum Gasteiger partial charge on any atom is -0.872 e. The van der Waals surface area contributed by atoms with Crippen molar-refractivity contribution in [3.63, 3.8) is 0 Å². The van der Waals surface area contributed by atoms with E-state index in [1.165, 1.54) is 23.0 Å². The lowest BCUT2D eigenvalue weighted by Gasteiger charge is -2.29. The zero-order chi connectivity index (χ0) is 24.9. The number of halogens is 1. The fourth-order valence-electron chi connectivity index (χ4n) is 4.61. The highest BCUT2D eigenvalue weighted by atomic mass is 35.5. The molecular weight excluding hydrogens is 472 g/mol. The highest BCUT2D eigenvalue weighted by Crippen LogP contribution is 2.40. The lowest BCUT2D eigenvalue weighted by Crippen LogP contribution is -3.14. The van der Waals surface area contributed by atoms with Gasteiger partial charge >= 0.3 is 0 Å². The van der Waals surface area contributed by atoms with Crippen LogP contribution in [0.3, 0.4) is 0 Å². The number of amides is 1. The Morgan fingerprint density at radius 2 is 1.83 bits per heavy atom. The molecule has 8 nitrogen and oxygen atoms in total. The molecule has 1 unspecified atom stereocenters. The standard InChI is InChI=1S/C26H29ClN2O6/c1-33-19-7-4-17(5-8-19)23-22(24(30)18-6-9-21(34-2)20(27)16-18)25(31)26(32)29(23)11-3-10-28-12-14-35-15-13-28/h4-9,16,23,30H,3,10-15H2,1-2H3/b24-22+. The van der Waals surface area contributed by atoms with Gasteiger partial charge in [-0.05, 0) is 35.4 Å². The van der Waals surface area contributed by atoms with Gasteiger partial charge in [-0.15, -0.1) is 0 Å². The predicted octanol–water partition coefficient (Wildman–Crippen LogP) is 0.886. The summed E-state index contributed by atoms with van der Waals surface area (Å²) in [6, 6.07) is 10.9. The van der Waals surface area contributed by atoms with Crippen LogP contribution >= 0.6 is 11.6 Å². The summed E-state index contributed by atoms with van der Waals surface area (Å²) in [5.74, 6) is -0.898. The van der Waals surface area contributed by atoms with Gasteiger partial charge in [0, 0.05) is 18.5 Å². The van der Waals surface area contributed by atoms with Gasteiger partial charge in [0.15, 0.2) is 0 Å². The first kappa shape index (κ1) is 25.0. The van der Waals surface area contributed by atoms with E-state index in [-0.39, 0.29) is 16.2 Å². The van der Waals surface area contributed by atoms with E-state index >= 15 is 0 Å². The number of ether oxygens (including phenoxy) is 3. The molecular formula is C26H29ClN2O6. The maximum atomic E-state index is 13.5. The quantitative estimate of drug-likeness (QED) is 0.329. The third kappa shape index (κ3) is 5.29. The van der Waals surface area contributed by atoms with Crippen molar-refractivity contribution in [2.45, 2.75) is 12.5 Å². The molecule has 0 radical (unpaired) electrons. The highest BCUT2D eigenvalue weighted by Gasteiger charge is 2.44. The molecule has 2 aromatic carbocycles. The molecule has 2 aliphatic heterocycles. The number of ketones is 1. The largest absolute Gasteiger partial charge is 0.872 e. The van der Waals surface area contributed by atoms with Crippen LogP contribution < -0.4 is 19.5 Å². The molecule has 1 N–H and O–H groups in total. The Bertz CT molecular complexity index is 1110. The summed E-state index contributed by atoms with van der Waals surface area (Å²) in [7, 11) is 3.04. The van der Waals surface area contributed by atoms with Crippen LogP contribution in [0.1, 0.15) is 23.6 Å². The topological polar surface area (TPSA) is 92.6 Å². The number of hydrogen-bond acceptors (Lipinski definition) is 6. The summed E-state index contributed by atoms with van der Waals surface area (Å²) in [5, 5.41) is 13.8. The smallest absolute Gasteiger partial charge is 0.295 e. The zero-order valence-electron chi connectivity index (χ0n) is 19.8. The predicted molar refractivity (Wildman–Crippen MR) is 128 cm³/mol. The number of rotatable bonds is 8. The van der Waals surface area contributed by atoms with E-state index in [4.69, 9.17) is 25.8 Å². The van der Waals surface area contributed by atoms with Crippen molar-refractivity contribution in [1.82, 2.24) is 4.90 Å². The van der Waals surface area contributed by atoms with Crippen molar-refractivity contribution in [2.75, 3.05) is 53.6 Å². The van der Waals surface area contributed by atoms with Crippen molar-refractivity contribution in [1.29, 1.82) is 0 Å². The number of benzene rings is 2. The van der Waals surface area contributed by atoms with Gasteiger partial charge in [0.05, 0.1) is 45.0 Å². The summed E-state index contributed by atoms with van der Waals surface area (Å²) in [5.41, 5.74) is 0.830. The Morgan fingerprint density at radius 3 is 2.46 bits per heavy atom. The number of morpholine rings is 1. The molecule has 186 valence electrons. The summed E-state index contributed by atoms with van der Waals surface area (Å²) < 4.78 is 15.8. The van der Waals surface area contributed by atoms with E-state index in [1.807, 2.05) is 0 Å². The summed E-state index contributed by atoms with van der Waals surface area (Å²) in [6.07, 6.45) is 0.705. The lowest BCUT2D eigenvalue weighted by molar-refractivity contribution is -0.908. The number of likely N-dealkylation sites (tertiary alicyclic amines) is 1. The van der Waals surface area contributed by atoms with Crippen LogP contribution in [-0.4, -0.2) is 70.2 Å². The lowest BCUT2D eigenvalue weighted by atomic mass is 9.95. The van der Waals surface area contributed by atoms with Gasteiger partial charge in [0.25, 0.3) is 5.91 Å². The Hall–Kier alpha value is -3.07. The van der Waals surface area contributed by atoms with Crippen LogP contribution in [0, 0.1) is 0 Å². The van der Waals surface area contributed by atoms with Gasteiger partial charge in [-0.1, -0.05) is 35.6 Å². The fraction of sp³-hybridized carbons (Fsp3) is 0.385. The molecule has 2 fully saturated rings. The summed E-state index contributed by atoms with van der Waals surface area (Å²) in [4.78, 5) is 29.2. The van der Waals surface area contributed by atoms with Crippen LogP contribution in [-0.2, 0) is 14.3 Å². The van der Waals surface area contributed by atoms with Gasteiger partial charge in [-0.2, -0.15) is 0 Å². The molecule has 1 atom stereocenters. The zero-order valence-corrected chi connectivity index (χ0v) is 20.6. The number of quaternary nitrogens is 1. The maximum Gasteiger partial charge on any atom is 0.295 e. The first-order chi connectivity index (χ1) is 16.9. The number of nitrogens with one attached hydrogen (secondary N) is 1. The number of nitrogens with zero attached hydrogens (tertiary/aromatic N) is 1. The molecule has 35 heavy (non-hydrogen) atoms. The van der Waals surface area contributed by atoms with Crippen LogP contribution in [0.15, 0.2) is 48.0 Å². The Labute approximate surface area is 209 Å². The summed E-state index contributed by atoms with van der Waals surface area (Å²) in [6.45, 7) is 4.51. The molecule has 0 aliphatic carbocycles. The van der Waals surface area contributed by atoms with Crippen molar-refractivity contribution in [3.05, 3.63) is 64.2 Å². The summed E-state index contributed by atoms with van der Waals surface area (Å²) >= 11 is 6.23. The average Bonchev–Trinajstić information content (AvgIpc) is 3.14. The van der Waals surface area contributed by atoms with Crippen molar-refractivity contribution in [3.8, 4) is 11.5 Å². The minimum atomic E-state index is -0.783. The molecule has 0 saturated carbocycles. The van der Waals surface area contributed by atoms with Gasteiger partial charge < -0.3 is 29.1 Å². The molecule has 4 rings (SSSR count). The number of carbonyl (C=O) groups is 2. The van der Waals surface area contributed by atoms with Gasteiger partial charge in [-0.25, -0.2) is 0 Å². The number of carbonyl (C=O) groups excluding carboxylic acids is 2. The Balaban J connectivity index is 1.69. The molecule has 2 aromatic rings.